The zero-order chi connectivity index (χ0) is 25.4. The molecule has 0 bridgehead atoms. The van der Waals surface area contributed by atoms with Gasteiger partial charge in [0.1, 0.15) is 6.07 Å². The number of carbonyl (C=O) groups excluding carboxylic acids is 1. The Labute approximate surface area is 206 Å². The Kier molecular flexibility index (Phi) is 5.85. The number of nitrogens with zero attached hydrogens (tertiary/aromatic N) is 7. The molecule has 0 spiro atoms. The first-order valence-electron chi connectivity index (χ1n) is 11.6. The third kappa shape index (κ3) is 4.13. The number of aromatic nitrogens is 5. The minimum Gasteiger partial charge on any atom is -0.378 e. The number of nitriles is 1. The molecule has 0 saturated carbocycles. The second-order valence-electron chi connectivity index (χ2n) is 8.93. The summed E-state index contributed by atoms with van der Waals surface area (Å²) in [5.74, 6) is 0.248. The van der Waals surface area contributed by atoms with E-state index in [2.05, 4.69) is 32.2 Å². The fourth-order valence-corrected chi connectivity index (χ4v) is 4.66. The summed E-state index contributed by atoms with van der Waals surface area (Å²) in [6.45, 7) is 3.47. The van der Waals surface area contributed by atoms with Crippen molar-refractivity contribution in [1.29, 1.82) is 5.26 Å². The summed E-state index contributed by atoms with van der Waals surface area (Å²) in [4.78, 5) is 34.9. The number of fused-ring (bicyclic) bond motifs is 1. The monoisotopic (exact) mass is 483 g/mol. The number of amides is 1. The van der Waals surface area contributed by atoms with Crippen molar-refractivity contribution in [3.63, 3.8) is 0 Å². The first-order valence-corrected chi connectivity index (χ1v) is 11.6. The van der Waals surface area contributed by atoms with Crippen molar-refractivity contribution in [2.24, 2.45) is 18.7 Å². The SMILES string of the molecule is CC[C@H]1CN(c2ncc(C#N)cn2)C[C@H]1Nc1c(C(N)=O)cnn2cc(-c3ccc(=O)n(C)c3)cc12. The van der Waals surface area contributed by atoms with E-state index in [1.807, 2.05) is 18.3 Å². The fourth-order valence-electron chi connectivity index (χ4n) is 4.66. The number of nitrogens with one attached hydrogen (secondary N) is 1. The minimum atomic E-state index is -0.573. The summed E-state index contributed by atoms with van der Waals surface area (Å²) in [5.41, 5.74) is 9.36. The van der Waals surface area contributed by atoms with E-state index in [0.717, 1.165) is 24.1 Å². The van der Waals surface area contributed by atoms with Gasteiger partial charge in [-0.25, -0.2) is 14.5 Å². The second-order valence-corrected chi connectivity index (χ2v) is 8.93. The van der Waals surface area contributed by atoms with Gasteiger partial charge in [0.05, 0.1) is 40.9 Å². The Morgan fingerprint density at radius 3 is 2.64 bits per heavy atom. The number of anilines is 2. The molecule has 11 heteroatoms. The average molecular weight is 484 g/mol. The van der Waals surface area contributed by atoms with Crippen LogP contribution in [0.3, 0.4) is 0 Å². The van der Waals surface area contributed by atoms with Crippen LogP contribution in [0, 0.1) is 17.2 Å². The van der Waals surface area contributed by atoms with Crippen molar-refractivity contribution >= 4 is 23.1 Å². The molecular formula is C25H25N9O2. The maximum atomic E-state index is 12.3. The summed E-state index contributed by atoms with van der Waals surface area (Å²) >= 11 is 0. The third-order valence-electron chi connectivity index (χ3n) is 6.67. The molecule has 3 N–H and O–H groups in total. The number of hydrogen-bond acceptors (Lipinski definition) is 8. The number of primary amides is 1. The number of hydrogen-bond donors (Lipinski definition) is 2. The number of aryl methyl sites for hydroxylation is 1. The first kappa shape index (κ1) is 23.0. The Balaban J connectivity index is 1.51. The van der Waals surface area contributed by atoms with Gasteiger partial charge in [-0.3, -0.25) is 9.59 Å². The predicted molar refractivity (Wildman–Crippen MR) is 135 cm³/mol. The lowest BCUT2D eigenvalue weighted by Crippen LogP contribution is -2.31. The van der Waals surface area contributed by atoms with Crippen LogP contribution in [0.1, 0.15) is 29.3 Å². The fraction of sp³-hybridized carbons (Fsp3) is 0.280. The molecule has 0 unspecified atom stereocenters. The Bertz CT molecular complexity index is 1550. The maximum absolute atomic E-state index is 12.3. The van der Waals surface area contributed by atoms with Crippen LogP contribution in [0.5, 0.6) is 0 Å². The van der Waals surface area contributed by atoms with Gasteiger partial charge in [-0.1, -0.05) is 6.92 Å². The molecule has 5 rings (SSSR count). The van der Waals surface area contributed by atoms with Crippen LogP contribution in [-0.2, 0) is 7.05 Å². The van der Waals surface area contributed by atoms with Gasteiger partial charge in [-0.05, 0) is 30.0 Å². The van der Waals surface area contributed by atoms with Gasteiger partial charge in [0, 0.05) is 50.2 Å². The molecule has 11 nitrogen and oxygen atoms in total. The molecule has 1 saturated heterocycles. The van der Waals surface area contributed by atoms with E-state index >= 15 is 0 Å². The van der Waals surface area contributed by atoms with Crippen LogP contribution >= 0.6 is 0 Å². The molecule has 4 aromatic rings. The molecule has 2 atom stereocenters. The van der Waals surface area contributed by atoms with E-state index in [9.17, 15) is 9.59 Å². The normalized spacial score (nSPS) is 17.3. The summed E-state index contributed by atoms with van der Waals surface area (Å²) in [6.07, 6.45) is 9.03. The van der Waals surface area contributed by atoms with Crippen molar-refractivity contribution in [3.05, 3.63) is 70.7 Å². The highest BCUT2D eigenvalue weighted by molar-refractivity contribution is 6.02. The molecule has 182 valence electrons. The maximum Gasteiger partial charge on any atom is 0.252 e. The van der Waals surface area contributed by atoms with Gasteiger partial charge in [0.25, 0.3) is 5.91 Å². The lowest BCUT2D eigenvalue weighted by molar-refractivity contribution is 0.100. The van der Waals surface area contributed by atoms with Crippen LogP contribution in [0.25, 0.3) is 16.6 Å². The topological polar surface area (TPSA) is 147 Å². The van der Waals surface area contributed by atoms with Gasteiger partial charge in [-0.15, -0.1) is 0 Å². The van der Waals surface area contributed by atoms with Gasteiger partial charge >= 0.3 is 0 Å². The van der Waals surface area contributed by atoms with Crippen molar-refractivity contribution in [2.45, 2.75) is 19.4 Å². The van der Waals surface area contributed by atoms with Crippen molar-refractivity contribution in [2.75, 3.05) is 23.3 Å². The molecule has 1 amide bonds. The number of nitrogens with two attached hydrogens (primary N) is 1. The minimum absolute atomic E-state index is 0.00515. The molecule has 1 aliphatic heterocycles. The highest BCUT2D eigenvalue weighted by atomic mass is 16.1. The number of carbonyl (C=O) groups is 1. The van der Waals surface area contributed by atoms with Crippen LogP contribution in [0.15, 0.2) is 54.0 Å². The van der Waals surface area contributed by atoms with Gasteiger partial charge in [0.15, 0.2) is 0 Å². The predicted octanol–water partition coefficient (Wildman–Crippen LogP) is 1.79. The molecule has 0 aromatic carbocycles. The van der Waals surface area contributed by atoms with Crippen LogP contribution in [0.4, 0.5) is 11.6 Å². The molecule has 0 radical (unpaired) electrons. The average Bonchev–Trinajstić information content (AvgIpc) is 3.50. The highest BCUT2D eigenvalue weighted by Crippen LogP contribution is 2.32. The van der Waals surface area contributed by atoms with Crippen molar-refractivity contribution in [1.82, 2.24) is 24.1 Å². The molecular weight excluding hydrogens is 458 g/mol. The quantitative estimate of drug-likeness (QED) is 0.422. The highest BCUT2D eigenvalue weighted by Gasteiger charge is 2.34. The van der Waals surface area contributed by atoms with Crippen LogP contribution in [0.2, 0.25) is 0 Å². The summed E-state index contributed by atoms with van der Waals surface area (Å²) in [6, 6.07) is 7.24. The van der Waals surface area contributed by atoms with Gasteiger partial charge < -0.3 is 20.5 Å². The van der Waals surface area contributed by atoms with Gasteiger partial charge in [-0.2, -0.15) is 10.4 Å². The third-order valence-corrected chi connectivity index (χ3v) is 6.67. The van der Waals surface area contributed by atoms with E-state index in [1.165, 1.54) is 29.2 Å². The summed E-state index contributed by atoms with van der Waals surface area (Å²) in [7, 11) is 1.70. The van der Waals surface area contributed by atoms with E-state index in [1.54, 1.807) is 23.8 Å². The molecule has 5 heterocycles. The number of pyridine rings is 1. The first-order chi connectivity index (χ1) is 17.4. The summed E-state index contributed by atoms with van der Waals surface area (Å²) < 4.78 is 3.22. The van der Waals surface area contributed by atoms with Crippen molar-refractivity contribution < 1.29 is 4.79 Å². The molecule has 1 aliphatic rings. The summed E-state index contributed by atoms with van der Waals surface area (Å²) in [5, 5.41) is 17.0. The Hall–Kier alpha value is -4.72. The van der Waals surface area contributed by atoms with E-state index in [4.69, 9.17) is 11.0 Å². The largest absolute Gasteiger partial charge is 0.378 e. The zero-order valence-electron chi connectivity index (χ0n) is 19.9. The molecule has 36 heavy (non-hydrogen) atoms. The van der Waals surface area contributed by atoms with Gasteiger partial charge in [0.2, 0.25) is 11.5 Å². The van der Waals surface area contributed by atoms with Crippen molar-refractivity contribution in [3.8, 4) is 17.2 Å². The van der Waals surface area contributed by atoms with E-state index < -0.39 is 5.91 Å². The Morgan fingerprint density at radius 1 is 1.19 bits per heavy atom. The van der Waals surface area contributed by atoms with Crippen LogP contribution in [-0.4, -0.2) is 49.2 Å². The lowest BCUT2D eigenvalue weighted by Gasteiger charge is -2.21. The standard InChI is InChI=1S/C25H25N9O2/c1-3-16-12-33(25-28-8-15(7-26)9-29-25)14-20(16)31-23-19(24(27)36)10-30-34-13-18(6-21(23)34)17-4-5-22(35)32(2)11-17/h4-6,8-11,13,16,20,31H,3,12,14H2,1-2H3,(H2,27,36)/t16-,20+/m0/s1. The van der Waals surface area contributed by atoms with E-state index in [0.29, 0.717) is 34.8 Å². The zero-order valence-corrected chi connectivity index (χ0v) is 19.9. The molecule has 4 aromatic heterocycles. The smallest absolute Gasteiger partial charge is 0.252 e. The second kappa shape index (κ2) is 9.14. The molecule has 0 aliphatic carbocycles. The molecule has 1 fully saturated rings. The lowest BCUT2D eigenvalue weighted by atomic mass is 10.00. The van der Waals surface area contributed by atoms with E-state index in [-0.39, 0.29) is 17.5 Å². The Morgan fingerprint density at radius 2 is 1.97 bits per heavy atom. The number of rotatable bonds is 6. The van der Waals surface area contributed by atoms with Crippen LogP contribution < -0.4 is 21.5 Å².